The van der Waals surface area contributed by atoms with Gasteiger partial charge in [-0.05, 0) is 54.5 Å². The second-order valence-electron chi connectivity index (χ2n) is 7.56. The first-order chi connectivity index (χ1) is 14.7. The van der Waals surface area contributed by atoms with Crippen molar-refractivity contribution in [2.45, 2.75) is 32.2 Å². The highest BCUT2D eigenvalue weighted by molar-refractivity contribution is 7.18. The van der Waals surface area contributed by atoms with Crippen LogP contribution in [0.2, 0.25) is 0 Å². The molecule has 1 aliphatic carbocycles. The summed E-state index contributed by atoms with van der Waals surface area (Å²) < 4.78 is 1.41. The van der Waals surface area contributed by atoms with E-state index in [0.717, 1.165) is 40.8 Å². The molecule has 2 aromatic heterocycles. The maximum Gasteiger partial charge on any atom is 0.262 e. The van der Waals surface area contributed by atoms with Crippen molar-refractivity contribution in [3.8, 4) is 11.1 Å². The van der Waals surface area contributed by atoms with Crippen molar-refractivity contribution in [3.05, 3.63) is 81.7 Å². The Bertz CT molecular complexity index is 1270. The van der Waals surface area contributed by atoms with Crippen LogP contribution in [0.5, 0.6) is 0 Å². The zero-order valence-corrected chi connectivity index (χ0v) is 17.2. The van der Waals surface area contributed by atoms with E-state index in [1.807, 2.05) is 54.6 Å². The van der Waals surface area contributed by atoms with Gasteiger partial charge >= 0.3 is 0 Å². The van der Waals surface area contributed by atoms with Crippen LogP contribution < -0.4 is 10.9 Å². The summed E-state index contributed by atoms with van der Waals surface area (Å²) in [6.45, 7) is -0.0488. The quantitative estimate of drug-likeness (QED) is 0.528. The average Bonchev–Trinajstić information content (AvgIpc) is 3.16. The standard InChI is InChI=1S/C24H21N3O2S/c28-21(26-18-12-10-17(11-13-18)16-6-2-1-3-7-16)14-27-15-25-23-22(24(27)29)19-8-4-5-9-20(19)30-23/h1-3,6-7,10-13,15H,4-5,8-9,14H2,(H,26,28). The SMILES string of the molecule is O=C(Cn1cnc2sc3c(c2c1=O)CCCC3)Nc1ccc(-c2ccccc2)cc1. The number of amides is 1. The van der Waals surface area contributed by atoms with Gasteiger partial charge in [0, 0.05) is 10.6 Å². The molecule has 2 heterocycles. The number of hydrogen-bond acceptors (Lipinski definition) is 4. The Labute approximate surface area is 178 Å². The van der Waals surface area contributed by atoms with Crippen LogP contribution in [0.15, 0.2) is 65.7 Å². The third-order valence-electron chi connectivity index (χ3n) is 5.53. The topological polar surface area (TPSA) is 64.0 Å². The normalized spacial score (nSPS) is 13.2. The molecule has 0 fully saturated rings. The molecule has 0 radical (unpaired) electrons. The van der Waals surface area contributed by atoms with Gasteiger partial charge in [-0.15, -0.1) is 11.3 Å². The number of aryl methyl sites for hydroxylation is 2. The Morgan fingerprint density at radius 3 is 2.53 bits per heavy atom. The lowest BCUT2D eigenvalue weighted by Gasteiger charge is -2.11. The largest absolute Gasteiger partial charge is 0.325 e. The summed E-state index contributed by atoms with van der Waals surface area (Å²) in [5, 5.41) is 3.58. The van der Waals surface area contributed by atoms with E-state index in [-0.39, 0.29) is 18.0 Å². The number of carbonyl (C=O) groups excluding carboxylic acids is 1. The van der Waals surface area contributed by atoms with Crippen molar-refractivity contribution in [3.63, 3.8) is 0 Å². The van der Waals surface area contributed by atoms with Gasteiger partial charge in [-0.3, -0.25) is 14.2 Å². The van der Waals surface area contributed by atoms with Crippen molar-refractivity contribution in [1.82, 2.24) is 9.55 Å². The van der Waals surface area contributed by atoms with Crippen LogP contribution in [0.3, 0.4) is 0 Å². The van der Waals surface area contributed by atoms with Gasteiger partial charge in [0.2, 0.25) is 5.91 Å². The van der Waals surface area contributed by atoms with Crippen molar-refractivity contribution in [2.24, 2.45) is 0 Å². The summed E-state index contributed by atoms with van der Waals surface area (Å²) >= 11 is 1.62. The molecule has 4 aromatic rings. The van der Waals surface area contributed by atoms with Crippen molar-refractivity contribution >= 4 is 33.1 Å². The van der Waals surface area contributed by atoms with Gasteiger partial charge in [-0.25, -0.2) is 4.98 Å². The zero-order valence-electron chi connectivity index (χ0n) is 16.4. The summed E-state index contributed by atoms with van der Waals surface area (Å²) in [4.78, 5) is 32.1. The van der Waals surface area contributed by atoms with E-state index in [9.17, 15) is 9.59 Å². The molecule has 1 aliphatic rings. The van der Waals surface area contributed by atoms with Crippen molar-refractivity contribution in [1.29, 1.82) is 0 Å². The van der Waals surface area contributed by atoms with Crippen LogP contribution in [0.4, 0.5) is 5.69 Å². The minimum atomic E-state index is -0.241. The van der Waals surface area contributed by atoms with Crippen LogP contribution in [-0.4, -0.2) is 15.5 Å². The van der Waals surface area contributed by atoms with Gasteiger partial charge < -0.3 is 5.32 Å². The van der Waals surface area contributed by atoms with Gasteiger partial charge in [0.25, 0.3) is 5.56 Å². The van der Waals surface area contributed by atoms with Gasteiger partial charge in [-0.2, -0.15) is 0 Å². The first kappa shape index (κ1) is 18.8. The lowest BCUT2D eigenvalue weighted by molar-refractivity contribution is -0.116. The molecule has 0 unspecified atom stereocenters. The molecule has 2 aromatic carbocycles. The summed E-state index contributed by atoms with van der Waals surface area (Å²) in [5.41, 5.74) is 3.94. The van der Waals surface area contributed by atoms with E-state index < -0.39 is 0 Å². The Hall–Kier alpha value is -3.25. The number of anilines is 1. The molecule has 5 nitrogen and oxygen atoms in total. The Morgan fingerprint density at radius 1 is 1.00 bits per heavy atom. The Kier molecular flexibility index (Phi) is 4.93. The number of hydrogen-bond donors (Lipinski definition) is 1. The predicted octanol–water partition coefficient (Wildman–Crippen LogP) is 4.64. The number of nitrogens with zero attached hydrogens (tertiary/aromatic N) is 2. The van der Waals surface area contributed by atoms with Crippen LogP contribution in [0.1, 0.15) is 23.3 Å². The van der Waals surface area contributed by atoms with E-state index in [2.05, 4.69) is 10.3 Å². The first-order valence-corrected chi connectivity index (χ1v) is 11.0. The molecule has 0 spiro atoms. The van der Waals surface area contributed by atoms with Crippen LogP contribution in [0, 0.1) is 0 Å². The van der Waals surface area contributed by atoms with Crippen LogP contribution in [0.25, 0.3) is 21.3 Å². The fourth-order valence-corrected chi connectivity index (χ4v) is 5.25. The summed E-state index contributed by atoms with van der Waals surface area (Å²) in [7, 11) is 0. The fraction of sp³-hybridized carbons (Fsp3) is 0.208. The Balaban J connectivity index is 1.34. The van der Waals surface area contributed by atoms with Gasteiger partial charge in [0.1, 0.15) is 11.4 Å². The number of carbonyl (C=O) groups is 1. The molecule has 5 rings (SSSR count). The van der Waals surface area contributed by atoms with E-state index in [0.29, 0.717) is 11.1 Å². The van der Waals surface area contributed by atoms with Crippen LogP contribution in [-0.2, 0) is 24.2 Å². The molecule has 6 heteroatoms. The number of aromatic nitrogens is 2. The maximum absolute atomic E-state index is 13.0. The van der Waals surface area contributed by atoms with E-state index in [1.54, 1.807) is 11.3 Å². The third-order valence-corrected chi connectivity index (χ3v) is 6.73. The lowest BCUT2D eigenvalue weighted by Crippen LogP contribution is -2.28. The third kappa shape index (κ3) is 3.55. The van der Waals surface area contributed by atoms with Crippen molar-refractivity contribution in [2.75, 3.05) is 5.32 Å². The number of rotatable bonds is 4. The smallest absolute Gasteiger partial charge is 0.262 e. The predicted molar refractivity (Wildman–Crippen MR) is 121 cm³/mol. The number of thiophene rings is 1. The van der Waals surface area contributed by atoms with E-state index in [4.69, 9.17) is 0 Å². The minimum absolute atomic E-state index is 0.0488. The summed E-state index contributed by atoms with van der Waals surface area (Å²) in [5.74, 6) is -0.241. The number of nitrogens with one attached hydrogen (secondary N) is 1. The van der Waals surface area contributed by atoms with Crippen LogP contribution >= 0.6 is 11.3 Å². The summed E-state index contributed by atoms with van der Waals surface area (Å²) in [6.07, 6.45) is 5.71. The molecule has 30 heavy (non-hydrogen) atoms. The number of fused-ring (bicyclic) bond motifs is 3. The van der Waals surface area contributed by atoms with E-state index >= 15 is 0 Å². The fourth-order valence-electron chi connectivity index (χ4n) is 4.03. The van der Waals surface area contributed by atoms with Gasteiger partial charge in [0.15, 0.2) is 0 Å². The molecule has 0 saturated heterocycles. The molecule has 1 N–H and O–H groups in total. The molecular weight excluding hydrogens is 394 g/mol. The lowest BCUT2D eigenvalue weighted by atomic mass is 9.97. The molecular formula is C24H21N3O2S. The highest BCUT2D eigenvalue weighted by atomic mass is 32.1. The van der Waals surface area contributed by atoms with Gasteiger partial charge in [0.05, 0.1) is 11.7 Å². The maximum atomic E-state index is 13.0. The molecule has 0 aliphatic heterocycles. The molecule has 0 bridgehead atoms. The minimum Gasteiger partial charge on any atom is -0.325 e. The highest BCUT2D eigenvalue weighted by Crippen LogP contribution is 2.33. The second kappa shape index (κ2) is 7.88. The second-order valence-corrected chi connectivity index (χ2v) is 8.64. The van der Waals surface area contributed by atoms with E-state index in [1.165, 1.54) is 22.2 Å². The molecule has 0 saturated carbocycles. The number of benzene rings is 2. The summed E-state index contributed by atoms with van der Waals surface area (Å²) in [6, 6.07) is 17.8. The van der Waals surface area contributed by atoms with Gasteiger partial charge in [-0.1, -0.05) is 42.5 Å². The van der Waals surface area contributed by atoms with Crippen molar-refractivity contribution < 1.29 is 4.79 Å². The monoisotopic (exact) mass is 415 g/mol. The molecule has 150 valence electrons. The molecule has 1 amide bonds. The first-order valence-electron chi connectivity index (χ1n) is 10.1. The molecule has 0 atom stereocenters. The highest BCUT2D eigenvalue weighted by Gasteiger charge is 2.20. The Morgan fingerprint density at radius 2 is 1.73 bits per heavy atom. The zero-order chi connectivity index (χ0) is 20.5. The average molecular weight is 416 g/mol.